The second kappa shape index (κ2) is 5.38. The Kier molecular flexibility index (Phi) is 4.37. The summed E-state index contributed by atoms with van der Waals surface area (Å²) in [4.78, 5) is 12.0. The third-order valence-electron chi connectivity index (χ3n) is 2.80. The molecule has 1 amide bonds. The lowest BCUT2D eigenvalue weighted by atomic mass is 9.99. The van der Waals surface area contributed by atoms with Crippen LogP contribution in [0.25, 0.3) is 0 Å². The number of hydrogen-bond donors (Lipinski definition) is 3. The maximum absolute atomic E-state index is 12.0. The van der Waals surface area contributed by atoms with Crippen LogP contribution in [0.15, 0.2) is 18.2 Å². The molecular formula is C12H17ClN2O2. The zero-order valence-electron chi connectivity index (χ0n) is 9.96. The first-order chi connectivity index (χ1) is 7.91. The highest BCUT2D eigenvalue weighted by Crippen LogP contribution is 2.19. The average Bonchev–Trinajstić information content (AvgIpc) is 2.32. The molecule has 0 aromatic heterocycles. The van der Waals surface area contributed by atoms with Crippen molar-refractivity contribution in [3.05, 3.63) is 28.8 Å². The minimum absolute atomic E-state index is 0.129. The van der Waals surface area contributed by atoms with Gasteiger partial charge < -0.3 is 16.2 Å². The van der Waals surface area contributed by atoms with E-state index < -0.39 is 5.54 Å². The van der Waals surface area contributed by atoms with Crippen LogP contribution in [-0.4, -0.2) is 23.2 Å². The SMILES string of the molecule is CCC(C)(CO)NC(=O)c1cc(Cl)ccc1N. The predicted molar refractivity (Wildman–Crippen MR) is 69.1 cm³/mol. The van der Waals surface area contributed by atoms with Crippen LogP contribution < -0.4 is 11.1 Å². The van der Waals surface area contributed by atoms with Gasteiger partial charge in [-0.25, -0.2) is 0 Å². The molecule has 1 aromatic rings. The summed E-state index contributed by atoms with van der Waals surface area (Å²) in [5.41, 5.74) is 5.75. The molecule has 0 heterocycles. The molecular weight excluding hydrogens is 240 g/mol. The summed E-state index contributed by atoms with van der Waals surface area (Å²) in [6.45, 7) is 3.53. The molecule has 1 aromatic carbocycles. The molecule has 4 N–H and O–H groups in total. The van der Waals surface area contributed by atoms with Crippen LogP contribution in [0.3, 0.4) is 0 Å². The van der Waals surface area contributed by atoms with Crippen molar-refractivity contribution < 1.29 is 9.90 Å². The summed E-state index contributed by atoms with van der Waals surface area (Å²) < 4.78 is 0. The smallest absolute Gasteiger partial charge is 0.253 e. The van der Waals surface area contributed by atoms with Gasteiger partial charge in [-0.2, -0.15) is 0 Å². The van der Waals surface area contributed by atoms with Crippen LogP contribution >= 0.6 is 11.6 Å². The Morgan fingerprint density at radius 3 is 2.76 bits per heavy atom. The van der Waals surface area contributed by atoms with Gasteiger partial charge in [0.1, 0.15) is 0 Å². The van der Waals surface area contributed by atoms with E-state index in [1.54, 1.807) is 19.1 Å². The first kappa shape index (κ1) is 13.8. The lowest BCUT2D eigenvalue weighted by Gasteiger charge is -2.27. The highest BCUT2D eigenvalue weighted by molar-refractivity contribution is 6.31. The Bertz CT molecular complexity index is 417. The molecule has 1 atom stereocenters. The lowest BCUT2D eigenvalue weighted by Crippen LogP contribution is -2.48. The summed E-state index contributed by atoms with van der Waals surface area (Å²) in [7, 11) is 0. The summed E-state index contributed by atoms with van der Waals surface area (Å²) in [6.07, 6.45) is 0.621. The van der Waals surface area contributed by atoms with Gasteiger partial charge in [0.05, 0.1) is 17.7 Å². The Morgan fingerprint density at radius 2 is 2.24 bits per heavy atom. The number of carbonyl (C=O) groups excluding carboxylic acids is 1. The van der Waals surface area contributed by atoms with Crippen LogP contribution in [0, 0.1) is 0 Å². The number of amides is 1. The molecule has 0 saturated heterocycles. The van der Waals surface area contributed by atoms with E-state index in [2.05, 4.69) is 5.32 Å². The molecule has 1 rings (SSSR count). The Balaban J connectivity index is 2.94. The van der Waals surface area contributed by atoms with E-state index in [9.17, 15) is 9.90 Å². The van der Waals surface area contributed by atoms with Gasteiger partial charge in [0, 0.05) is 10.7 Å². The third-order valence-corrected chi connectivity index (χ3v) is 3.04. The van der Waals surface area contributed by atoms with Crippen LogP contribution in [0.5, 0.6) is 0 Å². The van der Waals surface area contributed by atoms with Gasteiger partial charge in [0.2, 0.25) is 0 Å². The van der Waals surface area contributed by atoms with Crippen molar-refractivity contribution in [2.24, 2.45) is 0 Å². The van der Waals surface area contributed by atoms with Crippen LogP contribution in [0.4, 0.5) is 5.69 Å². The largest absolute Gasteiger partial charge is 0.398 e. The van der Waals surface area contributed by atoms with Crippen molar-refractivity contribution >= 4 is 23.2 Å². The Morgan fingerprint density at radius 1 is 1.59 bits per heavy atom. The number of nitrogens with one attached hydrogen (secondary N) is 1. The Hall–Kier alpha value is -1.26. The standard InChI is InChI=1S/C12H17ClN2O2/c1-3-12(2,7-16)15-11(17)9-6-8(13)4-5-10(9)14/h4-6,16H,3,7,14H2,1-2H3,(H,15,17). The molecule has 0 spiro atoms. The summed E-state index contributed by atoms with van der Waals surface area (Å²) >= 11 is 5.81. The number of anilines is 1. The molecule has 0 bridgehead atoms. The molecule has 0 fully saturated rings. The van der Waals surface area contributed by atoms with Gasteiger partial charge >= 0.3 is 0 Å². The average molecular weight is 257 g/mol. The number of aliphatic hydroxyl groups is 1. The van der Waals surface area contributed by atoms with Crippen LogP contribution in [-0.2, 0) is 0 Å². The van der Waals surface area contributed by atoms with E-state index in [-0.39, 0.29) is 12.5 Å². The molecule has 94 valence electrons. The van der Waals surface area contributed by atoms with Crippen molar-refractivity contribution in [1.29, 1.82) is 0 Å². The van der Waals surface area contributed by atoms with Crippen molar-refractivity contribution in [2.75, 3.05) is 12.3 Å². The zero-order valence-corrected chi connectivity index (χ0v) is 10.7. The van der Waals surface area contributed by atoms with Crippen molar-refractivity contribution in [2.45, 2.75) is 25.8 Å². The van der Waals surface area contributed by atoms with E-state index in [1.165, 1.54) is 6.07 Å². The summed E-state index contributed by atoms with van der Waals surface area (Å²) in [5.74, 6) is -0.330. The second-order valence-corrected chi connectivity index (χ2v) is 4.69. The van der Waals surface area contributed by atoms with Gasteiger partial charge in [0.25, 0.3) is 5.91 Å². The number of halogens is 1. The van der Waals surface area contributed by atoms with Crippen molar-refractivity contribution in [3.63, 3.8) is 0 Å². The molecule has 0 saturated carbocycles. The first-order valence-electron chi connectivity index (χ1n) is 5.40. The molecule has 5 heteroatoms. The van der Waals surface area contributed by atoms with E-state index in [0.29, 0.717) is 22.7 Å². The van der Waals surface area contributed by atoms with E-state index in [0.717, 1.165) is 0 Å². The molecule has 0 radical (unpaired) electrons. The highest BCUT2D eigenvalue weighted by Gasteiger charge is 2.24. The quantitative estimate of drug-likeness (QED) is 0.720. The van der Waals surface area contributed by atoms with Gasteiger partial charge in [-0.05, 0) is 31.5 Å². The minimum Gasteiger partial charge on any atom is -0.398 e. The summed E-state index contributed by atoms with van der Waals surface area (Å²) in [5, 5.41) is 12.4. The number of nitrogen functional groups attached to an aromatic ring is 1. The summed E-state index contributed by atoms with van der Waals surface area (Å²) in [6, 6.07) is 4.72. The van der Waals surface area contributed by atoms with E-state index in [4.69, 9.17) is 17.3 Å². The van der Waals surface area contributed by atoms with E-state index in [1.807, 2.05) is 6.92 Å². The number of aliphatic hydroxyl groups excluding tert-OH is 1. The zero-order chi connectivity index (χ0) is 13.1. The molecule has 17 heavy (non-hydrogen) atoms. The number of benzene rings is 1. The van der Waals surface area contributed by atoms with Gasteiger partial charge in [0.15, 0.2) is 0 Å². The van der Waals surface area contributed by atoms with Crippen LogP contribution in [0.2, 0.25) is 5.02 Å². The van der Waals surface area contributed by atoms with Crippen molar-refractivity contribution in [3.8, 4) is 0 Å². The number of hydrogen-bond acceptors (Lipinski definition) is 3. The molecule has 0 aliphatic heterocycles. The fraction of sp³-hybridized carbons (Fsp3) is 0.417. The van der Waals surface area contributed by atoms with Gasteiger partial charge in [-0.3, -0.25) is 4.79 Å². The second-order valence-electron chi connectivity index (χ2n) is 4.26. The van der Waals surface area contributed by atoms with Crippen molar-refractivity contribution in [1.82, 2.24) is 5.32 Å². The van der Waals surface area contributed by atoms with Crippen LogP contribution in [0.1, 0.15) is 30.6 Å². The van der Waals surface area contributed by atoms with E-state index >= 15 is 0 Å². The third kappa shape index (κ3) is 3.35. The maximum atomic E-state index is 12.0. The monoisotopic (exact) mass is 256 g/mol. The molecule has 0 aliphatic carbocycles. The number of rotatable bonds is 4. The predicted octanol–water partition coefficient (Wildman–Crippen LogP) is 1.81. The van der Waals surface area contributed by atoms with Gasteiger partial charge in [-0.1, -0.05) is 18.5 Å². The molecule has 4 nitrogen and oxygen atoms in total. The van der Waals surface area contributed by atoms with Gasteiger partial charge in [-0.15, -0.1) is 0 Å². The minimum atomic E-state index is -0.647. The number of carbonyl (C=O) groups is 1. The lowest BCUT2D eigenvalue weighted by molar-refractivity contribution is 0.0848. The molecule has 1 unspecified atom stereocenters. The topological polar surface area (TPSA) is 75.3 Å². The highest BCUT2D eigenvalue weighted by atomic mass is 35.5. The fourth-order valence-electron chi connectivity index (χ4n) is 1.31. The normalized spacial score (nSPS) is 14.1. The molecule has 0 aliphatic rings. The maximum Gasteiger partial charge on any atom is 0.253 e. The fourth-order valence-corrected chi connectivity index (χ4v) is 1.48. The first-order valence-corrected chi connectivity index (χ1v) is 5.78. The Labute approximate surface area is 106 Å². The number of nitrogens with two attached hydrogens (primary N) is 1.